The van der Waals surface area contributed by atoms with Crippen molar-refractivity contribution in [1.82, 2.24) is 10.4 Å². The lowest BCUT2D eigenvalue weighted by molar-refractivity contribution is 0.105. The fourth-order valence-electron chi connectivity index (χ4n) is 0.926. The van der Waals surface area contributed by atoms with Crippen molar-refractivity contribution >= 4 is 6.34 Å². The first-order valence-corrected chi connectivity index (χ1v) is 3.63. The summed E-state index contributed by atoms with van der Waals surface area (Å²) in [7, 11) is 0. The molecule has 3 heteroatoms. The molecule has 1 aliphatic heterocycles. The zero-order valence-corrected chi connectivity index (χ0v) is 6.89. The highest BCUT2D eigenvalue weighted by atomic mass is 15.5. The molecule has 58 valence electrons. The molecule has 0 aromatic heterocycles. The number of hydrogen-bond donors (Lipinski definition) is 1. The summed E-state index contributed by atoms with van der Waals surface area (Å²) in [6.45, 7) is 8.45. The average Bonchev–Trinajstić information content (AvgIpc) is 1.88. The van der Waals surface area contributed by atoms with Gasteiger partial charge >= 0.3 is 0 Å². The summed E-state index contributed by atoms with van der Waals surface area (Å²) >= 11 is 0. The SMILES string of the molecule is CC(C)(C)N1CCN=CN1. The van der Waals surface area contributed by atoms with Gasteiger partial charge in [0.15, 0.2) is 0 Å². The molecule has 1 N–H and O–H groups in total. The van der Waals surface area contributed by atoms with E-state index in [-0.39, 0.29) is 5.54 Å². The Morgan fingerprint density at radius 2 is 2.20 bits per heavy atom. The summed E-state index contributed by atoms with van der Waals surface area (Å²) < 4.78 is 0. The van der Waals surface area contributed by atoms with Crippen LogP contribution >= 0.6 is 0 Å². The molecule has 0 amide bonds. The molecule has 0 fully saturated rings. The molecule has 0 atom stereocenters. The number of hydrogen-bond acceptors (Lipinski definition) is 3. The van der Waals surface area contributed by atoms with Crippen LogP contribution in [0, 0.1) is 0 Å². The Kier molecular flexibility index (Phi) is 1.94. The van der Waals surface area contributed by atoms with E-state index in [0.717, 1.165) is 13.1 Å². The van der Waals surface area contributed by atoms with E-state index in [1.165, 1.54) is 0 Å². The first kappa shape index (κ1) is 7.54. The van der Waals surface area contributed by atoms with Crippen molar-refractivity contribution in [2.75, 3.05) is 13.1 Å². The summed E-state index contributed by atoms with van der Waals surface area (Å²) in [6.07, 6.45) is 1.76. The molecule has 1 heterocycles. The predicted octanol–water partition coefficient (Wildman–Crippen LogP) is 0.633. The van der Waals surface area contributed by atoms with Gasteiger partial charge in [-0.05, 0) is 20.8 Å². The van der Waals surface area contributed by atoms with Crippen molar-refractivity contribution in [3.63, 3.8) is 0 Å². The summed E-state index contributed by atoms with van der Waals surface area (Å²) in [4.78, 5) is 4.06. The Morgan fingerprint density at radius 1 is 1.50 bits per heavy atom. The van der Waals surface area contributed by atoms with E-state index < -0.39 is 0 Å². The summed E-state index contributed by atoms with van der Waals surface area (Å²) in [5.74, 6) is 0. The van der Waals surface area contributed by atoms with Crippen molar-refractivity contribution in [3.05, 3.63) is 0 Å². The topological polar surface area (TPSA) is 27.6 Å². The minimum absolute atomic E-state index is 0.201. The van der Waals surface area contributed by atoms with Gasteiger partial charge in [-0.1, -0.05) is 0 Å². The zero-order valence-electron chi connectivity index (χ0n) is 6.89. The van der Waals surface area contributed by atoms with Crippen LogP contribution in [0.15, 0.2) is 4.99 Å². The lowest BCUT2D eigenvalue weighted by Crippen LogP contribution is -2.52. The van der Waals surface area contributed by atoms with Crippen LogP contribution in [-0.2, 0) is 0 Å². The Hall–Kier alpha value is -0.570. The third-order valence-corrected chi connectivity index (χ3v) is 1.57. The molecule has 0 radical (unpaired) electrons. The molecule has 0 unspecified atom stereocenters. The minimum atomic E-state index is 0.201. The molecule has 0 spiro atoms. The van der Waals surface area contributed by atoms with Gasteiger partial charge < -0.3 is 5.43 Å². The molecule has 0 saturated carbocycles. The molecule has 1 aliphatic rings. The average molecular weight is 141 g/mol. The van der Waals surface area contributed by atoms with Gasteiger partial charge in [-0.15, -0.1) is 0 Å². The Bertz CT molecular complexity index is 134. The predicted molar refractivity (Wildman–Crippen MR) is 43.0 cm³/mol. The van der Waals surface area contributed by atoms with Crippen molar-refractivity contribution in [3.8, 4) is 0 Å². The molecule has 0 saturated heterocycles. The fraction of sp³-hybridized carbons (Fsp3) is 0.857. The highest BCUT2D eigenvalue weighted by Crippen LogP contribution is 2.09. The van der Waals surface area contributed by atoms with Crippen LogP contribution < -0.4 is 5.43 Å². The number of hydrazine groups is 1. The van der Waals surface area contributed by atoms with E-state index >= 15 is 0 Å². The second-order valence-electron chi connectivity index (χ2n) is 3.49. The molecule has 0 bridgehead atoms. The molecular formula is C7H15N3. The van der Waals surface area contributed by atoms with Crippen LogP contribution in [0.3, 0.4) is 0 Å². The normalized spacial score (nSPS) is 20.7. The third-order valence-electron chi connectivity index (χ3n) is 1.57. The molecule has 0 aliphatic carbocycles. The van der Waals surface area contributed by atoms with Crippen molar-refractivity contribution in [1.29, 1.82) is 0 Å². The minimum Gasteiger partial charge on any atom is -0.309 e. The van der Waals surface area contributed by atoms with Gasteiger partial charge in [-0.2, -0.15) is 0 Å². The van der Waals surface area contributed by atoms with E-state index in [2.05, 4.69) is 36.2 Å². The molecule has 0 aromatic carbocycles. The van der Waals surface area contributed by atoms with Gasteiger partial charge in [0.2, 0.25) is 0 Å². The molecule has 1 rings (SSSR count). The monoisotopic (exact) mass is 141 g/mol. The summed E-state index contributed by atoms with van der Waals surface area (Å²) in [6, 6.07) is 0. The van der Waals surface area contributed by atoms with Gasteiger partial charge in [0.1, 0.15) is 0 Å². The van der Waals surface area contributed by atoms with Gasteiger partial charge in [-0.3, -0.25) is 4.99 Å². The summed E-state index contributed by atoms with van der Waals surface area (Å²) in [5.41, 5.74) is 3.30. The Morgan fingerprint density at radius 3 is 2.50 bits per heavy atom. The second kappa shape index (κ2) is 2.58. The largest absolute Gasteiger partial charge is 0.309 e. The van der Waals surface area contributed by atoms with E-state index in [1.807, 2.05) is 0 Å². The highest BCUT2D eigenvalue weighted by molar-refractivity contribution is 5.54. The quantitative estimate of drug-likeness (QED) is 0.536. The third kappa shape index (κ3) is 1.70. The molecular weight excluding hydrogens is 126 g/mol. The van der Waals surface area contributed by atoms with Gasteiger partial charge in [-0.25, -0.2) is 5.01 Å². The first-order chi connectivity index (χ1) is 4.61. The number of nitrogens with zero attached hydrogens (tertiary/aromatic N) is 2. The van der Waals surface area contributed by atoms with Gasteiger partial charge in [0, 0.05) is 12.1 Å². The molecule has 3 nitrogen and oxygen atoms in total. The second-order valence-corrected chi connectivity index (χ2v) is 3.49. The maximum Gasteiger partial charge on any atom is 0.0968 e. The number of rotatable bonds is 0. The van der Waals surface area contributed by atoms with Crippen LogP contribution in [0.2, 0.25) is 0 Å². The van der Waals surface area contributed by atoms with Crippen molar-refractivity contribution < 1.29 is 0 Å². The molecule has 0 aromatic rings. The van der Waals surface area contributed by atoms with Crippen LogP contribution in [-0.4, -0.2) is 30.0 Å². The Labute approximate surface area is 62.1 Å². The van der Waals surface area contributed by atoms with Crippen LogP contribution in [0.1, 0.15) is 20.8 Å². The van der Waals surface area contributed by atoms with Crippen molar-refractivity contribution in [2.24, 2.45) is 4.99 Å². The van der Waals surface area contributed by atoms with Crippen LogP contribution in [0.5, 0.6) is 0 Å². The highest BCUT2D eigenvalue weighted by Gasteiger charge is 2.20. The van der Waals surface area contributed by atoms with Crippen molar-refractivity contribution in [2.45, 2.75) is 26.3 Å². The van der Waals surface area contributed by atoms with Crippen LogP contribution in [0.25, 0.3) is 0 Å². The lowest BCUT2D eigenvalue weighted by Gasteiger charge is -2.36. The van der Waals surface area contributed by atoms with Gasteiger partial charge in [0.05, 0.1) is 12.9 Å². The lowest BCUT2D eigenvalue weighted by atomic mass is 10.1. The fourth-order valence-corrected chi connectivity index (χ4v) is 0.926. The smallest absolute Gasteiger partial charge is 0.0968 e. The standard InChI is InChI=1S/C7H15N3/c1-7(2,3)10-5-4-8-6-9-10/h6H,4-5H2,1-3H3,(H,8,9). The van der Waals surface area contributed by atoms with Gasteiger partial charge in [0.25, 0.3) is 0 Å². The van der Waals surface area contributed by atoms with E-state index in [1.54, 1.807) is 6.34 Å². The Balaban J connectivity index is 2.49. The maximum atomic E-state index is 4.06. The number of aliphatic imine (C=N–C) groups is 1. The number of nitrogens with one attached hydrogen (secondary N) is 1. The molecule has 10 heavy (non-hydrogen) atoms. The van der Waals surface area contributed by atoms with E-state index in [9.17, 15) is 0 Å². The first-order valence-electron chi connectivity index (χ1n) is 3.63. The van der Waals surface area contributed by atoms with E-state index in [4.69, 9.17) is 0 Å². The van der Waals surface area contributed by atoms with Crippen LogP contribution in [0.4, 0.5) is 0 Å². The van der Waals surface area contributed by atoms with E-state index in [0.29, 0.717) is 0 Å². The summed E-state index contributed by atoms with van der Waals surface area (Å²) in [5, 5.41) is 2.18. The zero-order chi connectivity index (χ0) is 7.61. The maximum absolute atomic E-state index is 4.06.